The predicted octanol–water partition coefficient (Wildman–Crippen LogP) is 1.19. The highest BCUT2D eigenvalue weighted by atomic mass is 32.2. The number of hydrogen-bond donors (Lipinski definition) is 2. The van der Waals surface area contributed by atoms with Crippen LogP contribution in [0.15, 0.2) is 23.2 Å². The van der Waals surface area contributed by atoms with Gasteiger partial charge < -0.3 is 20.1 Å². The Morgan fingerprint density at radius 2 is 2.00 bits per heavy atom. The van der Waals surface area contributed by atoms with Crippen molar-refractivity contribution in [3.63, 3.8) is 0 Å². The molecule has 24 heavy (non-hydrogen) atoms. The molecule has 136 valence electrons. The van der Waals surface area contributed by atoms with E-state index in [1.54, 1.807) is 21.3 Å². The Kier molecular flexibility index (Phi) is 7.84. The first-order valence-electron chi connectivity index (χ1n) is 7.65. The fraction of sp³-hybridized carbons (Fsp3) is 0.562. The third kappa shape index (κ3) is 7.08. The normalized spacial score (nSPS) is 13.3. The van der Waals surface area contributed by atoms with E-state index in [9.17, 15) is 8.42 Å². The Morgan fingerprint density at radius 1 is 1.29 bits per heavy atom. The molecule has 0 aliphatic rings. The first-order valence-corrected chi connectivity index (χ1v) is 9.71. The molecule has 0 aliphatic carbocycles. The average Bonchev–Trinajstić information content (AvgIpc) is 2.55. The molecule has 0 aliphatic heterocycles. The maximum absolute atomic E-state index is 11.2. The number of guanidine groups is 1. The minimum atomic E-state index is -2.96. The van der Waals surface area contributed by atoms with Crippen LogP contribution in [-0.2, 0) is 16.4 Å². The lowest BCUT2D eigenvalue weighted by molar-refractivity contribution is 0.390. The molecule has 0 saturated heterocycles. The van der Waals surface area contributed by atoms with Crippen LogP contribution in [0.5, 0.6) is 11.5 Å². The Balaban J connectivity index is 2.61. The van der Waals surface area contributed by atoms with E-state index in [1.807, 2.05) is 25.1 Å². The summed E-state index contributed by atoms with van der Waals surface area (Å²) >= 11 is 0. The van der Waals surface area contributed by atoms with Crippen molar-refractivity contribution in [2.45, 2.75) is 25.9 Å². The smallest absolute Gasteiger partial charge is 0.191 e. The van der Waals surface area contributed by atoms with Crippen molar-refractivity contribution < 1.29 is 17.9 Å². The molecular formula is C16H27N3O4S. The molecule has 0 radical (unpaired) electrons. The number of benzene rings is 1. The highest BCUT2D eigenvalue weighted by Gasteiger charge is 2.10. The topological polar surface area (TPSA) is 89.0 Å². The van der Waals surface area contributed by atoms with Crippen LogP contribution in [0.3, 0.4) is 0 Å². The van der Waals surface area contributed by atoms with Gasteiger partial charge in [-0.1, -0.05) is 0 Å². The molecule has 0 aromatic heterocycles. The summed E-state index contributed by atoms with van der Waals surface area (Å²) in [5, 5.41) is 6.37. The monoisotopic (exact) mass is 357 g/mol. The van der Waals surface area contributed by atoms with E-state index in [2.05, 4.69) is 15.6 Å². The van der Waals surface area contributed by atoms with Crippen molar-refractivity contribution in [2.24, 2.45) is 4.99 Å². The average molecular weight is 357 g/mol. The van der Waals surface area contributed by atoms with Gasteiger partial charge in [-0.25, -0.2) is 8.42 Å². The van der Waals surface area contributed by atoms with Crippen LogP contribution in [0.2, 0.25) is 0 Å². The largest absolute Gasteiger partial charge is 0.497 e. The van der Waals surface area contributed by atoms with Crippen LogP contribution >= 0.6 is 0 Å². The van der Waals surface area contributed by atoms with Crippen molar-refractivity contribution in [1.29, 1.82) is 0 Å². The molecule has 0 amide bonds. The second-order valence-electron chi connectivity index (χ2n) is 5.57. The molecule has 0 fully saturated rings. The van der Waals surface area contributed by atoms with Gasteiger partial charge in [0.15, 0.2) is 5.96 Å². The number of aliphatic imine (C=N–C) groups is 1. The minimum absolute atomic E-state index is 0.0105. The van der Waals surface area contributed by atoms with Gasteiger partial charge in [0.2, 0.25) is 0 Å². The quantitative estimate of drug-likeness (QED) is 0.537. The summed E-state index contributed by atoms with van der Waals surface area (Å²) in [7, 11) is 1.93. The second-order valence-corrected chi connectivity index (χ2v) is 7.83. The maximum Gasteiger partial charge on any atom is 0.191 e. The molecular weight excluding hydrogens is 330 g/mol. The third-order valence-corrected chi connectivity index (χ3v) is 4.45. The molecule has 1 aromatic rings. The number of nitrogens with one attached hydrogen (secondary N) is 2. The third-order valence-electron chi connectivity index (χ3n) is 3.47. The Bertz CT molecular complexity index is 659. The standard InChI is InChI=1S/C16H27N3O4S/c1-12(8-9-24(5,20)21)19-16(17-2)18-11-13-6-7-14(22-3)10-15(13)23-4/h6-7,10,12H,8-9,11H2,1-5H3,(H2,17,18,19). The highest BCUT2D eigenvalue weighted by Crippen LogP contribution is 2.24. The summed E-state index contributed by atoms with van der Waals surface area (Å²) in [4.78, 5) is 4.16. The van der Waals surface area contributed by atoms with Gasteiger partial charge in [0, 0.05) is 37.5 Å². The fourth-order valence-corrected chi connectivity index (χ4v) is 2.85. The lowest BCUT2D eigenvalue weighted by Crippen LogP contribution is -2.42. The lowest BCUT2D eigenvalue weighted by atomic mass is 10.2. The van der Waals surface area contributed by atoms with Crippen molar-refractivity contribution in [1.82, 2.24) is 10.6 Å². The molecule has 0 bridgehead atoms. The molecule has 1 unspecified atom stereocenters. The fourth-order valence-electron chi connectivity index (χ4n) is 2.07. The summed E-state index contributed by atoms with van der Waals surface area (Å²) in [6, 6.07) is 5.60. The zero-order chi connectivity index (χ0) is 18.2. The van der Waals surface area contributed by atoms with Crippen LogP contribution in [0.4, 0.5) is 0 Å². The van der Waals surface area contributed by atoms with Gasteiger partial charge in [-0.15, -0.1) is 0 Å². The summed E-state index contributed by atoms with van der Waals surface area (Å²) < 4.78 is 33.0. The van der Waals surface area contributed by atoms with Crippen LogP contribution in [0.1, 0.15) is 18.9 Å². The van der Waals surface area contributed by atoms with E-state index in [0.717, 1.165) is 17.1 Å². The first kappa shape index (κ1) is 20.1. The van der Waals surface area contributed by atoms with Crippen molar-refractivity contribution in [3.8, 4) is 11.5 Å². The van der Waals surface area contributed by atoms with E-state index in [4.69, 9.17) is 9.47 Å². The van der Waals surface area contributed by atoms with Gasteiger partial charge in [-0.2, -0.15) is 0 Å². The summed E-state index contributed by atoms with van der Waals surface area (Å²) in [6.07, 6.45) is 1.76. The molecule has 0 spiro atoms. The first-order chi connectivity index (χ1) is 11.3. The summed E-state index contributed by atoms with van der Waals surface area (Å²) in [6.45, 7) is 2.44. The number of ether oxygens (including phenoxy) is 2. The number of methoxy groups -OCH3 is 2. The minimum Gasteiger partial charge on any atom is -0.497 e. The van der Waals surface area contributed by atoms with Gasteiger partial charge in [0.25, 0.3) is 0 Å². The van der Waals surface area contributed by atoms with Crippen molar-refractivity contribution in [2.75, 3.05) is 33.3 Å². The van der Waals surface area contributed by atoms with E-state index in [-0.39, 0.29) is 11.8 Å². The van der Waals surface area contributed by atoms with Crippen LogP contribution < -0.4 is 20.1 Å². The van der Waals surface area contributed by atoms with Crippen LogP contribution in [-0.4, -0.2) is 53.7 Å². The van der Waals surface area contributed by atoms with Crippen LogP contribution in [0, 0.1) is 0 Å². The molecule has 0 saturated carbocycles. The van der Waals surface area contributed by atoms with Gasteiger partial charge in [-0.05, 0) is 25.5 Å². The Morgan fingerprint density at radius 3 is 2.54 bits per heavy atom. The highest BCUT2D eigenvalue weighted by molar-refractivity contribution is 7.90. The summed E-state index contributed by atoms with van der Waals surface area (Å²) in [5.41, 5.74) is 0.963. The Hall–Kier alpha value is -1.96. The molecule has 1 aromatic carbocycles. The number of hydrogen-bond acceptors (Lipinski definition) is 5. The van der Waals surface area contributed by atoms with Crippen molar-refractivity contribution >= 4 is 15.8 Å². The van der Waals surface area contributed by atoms with E-state index in [1.165, 1.54) is 6.26 Å². The van der Waals surface area contributed by atoms with Crippen molar-refractivity contribution in [3.05, 3.63) is 23.8 Å². The van der Waals surface area contributed by atoms with E-state index < -0.39 is 9.84 Å². The second kappa shape index (κ2) is 9.36. The van der Waals surface area contributed by atoms with Gasteiger partial charge >= 0.3 is 0 Å². The zero-order valence-electron chi connectivity index (χ0n) is 14.9. The zero-order valence-corrected chi connectivity index (χ0v) is 15.7. The van der Waals surface area contributed by atoms with Gasteiger partial charge in [-0.3, -0.25) is 4.99 Å². The van der Waals surface area contributed by atoms with Gasteiger partial charge in [0.05, 0.1) is 20.0 Å². The van der Waals surface area contributed by atoms with E-state index >= 15 is 0 Å². The number of sulfone groups is 1. The summed E-state index contributed by atoms with van der Waals surface area (Å²) in [5.74, 6) is 2.20. The molecule has 1 atom stereocenters. The molecule has 0 heterocycles. The van der Waals surface area contributed by atoms with E-state index in [0.29, 0.717) is 18.9 Å². The predicted molar refractivity (Wildman–Crippen MR) is 96.7 cm³/mol. The molecule has 1 rings (SSSR count). The lowest BCUT2D eigenvalue weighted by Gasteiger charge is -2.18. The SMILES string of the molecule is CN=C(NCc1ccc(OC)cc1OC)NC(C)CCS(C)(=O)=O. The number of nitrogens with zero attached hydrogens (tertiary/aromatic N) is 1. The molecule has 2 N–H and O–H groups in total. The maximum atomic E-state index is 11.2. The number of rotatable bonds is 8. The molecule has 8 heteroatoms. The van der Waals surface area contributed by atoms with Gasteiger partial charge in [0.1, 0.15) is 21.3 Å². The molecule has 7 nitrogen and oxygen atoms in total. The van der Waals surface area contributed by atoms with Crippen LogP contribution in [0.25, 0.3) is 0 Å². The Labute approximate surface area is 144 Å².